The van der Waals surface area contributed by atoms with Gasteiger partial charge in [-0.2, -0.15) is 0 Å². The van der Waals surface area contributed by atoms with E-state index in [0.717, 1.165) is 0 Å². The number of pyridine rings is 1. The molecule has 17 heavy (non-hydrogen) atoms. The van der Waals surface area contributed by atoms with Gasteiger partial charge in [0.05, 0.1) is 15.2 Å². The highest BCUT2D eigenvalue weighted by molar-refractivity contribution is 9.10. The van der Waals surface area contributed by atoms with Crippen LogP contribution >= 0.6 is 27.5 Å². The molecular formula is C9H13BrClN3O2S. The minimum Gasteiger partial charge on any atom is -0.368 e. The fourth-order valence-corrected chi connectivity index (χ4v) is 2.87. The molecule has 5 nitrogen and oxygen atoms in total. The van der Waals surface area contributed by atoms with Crippen LogP contribution in [0.15, 0.2) is 16.7 Å². The van der Waals surface area contributed by atoms with Crippen molar-refractivity contribution in [2.24, 2.45) is 0 Å². The highest BCUT2D eigenvalue weighted by atomic mass is 79.9. The van der Waals surface area contributed by atoms with Gasteiger partial charge in [-0.1, -0.05) is 18.5 Å². The first-order valence-electron chi connectivity index (χ1n) is 4.97. The van der Waals surface area contributed by atoms with Gasteiger partial charge in [-0.05, 0) is 22.0 Å². The quantitative estimate of drug-likeness (QED) is 0.827. The number of hydrogen-bond acceptors (Lipinski definition) is 4. The van der Waals surface area contributed by atoms with Crippen molar-refractivity contribution < 1.29 is 8.42 Å². The third-order valence-electron chi connectivity index (χ3n) is 1.84. The molecule has 0 saturated heterocycles. The van der Waals surface area contributed by atoms with Gasteiger partial charge in [0.2, 0.25) is 10.0 Å². The average Bonchev–Trinajstić information content (AvgIpc) is 2.21. The molecule has 1 aromatic rings. The molecule has 0 radical (unpaired) electrons. The summed E-state index contributed by atoms with van der Waals surface area (Å²) >= 11 is 9.02. The van der Waals surface area contributed by atoms with Gasteiger partial charge in [-0.15, -0.1) is 0 Å². The molecule has 8 heteroatoms. The van der Waals surface area contributed by atoms with Crippen molar-refractivity contribution in [2.75, 3.05) is 24.2 Å². The van der Waals surface area contributed by atoms with Gasteiger partial charge in [0.15, 0.2) is 0 Å². The first-order valence-corrected chi connectivity index (χ1v) is 7.79. The molecule has 0 aliphatic carbocycles. The lowest BCUT2D eigenvalue weighted by Gasteiger charge is -2.08. The lowest BCUT2D eigenvalue weighted by molar-refractivity contribution is 0.584. The maximum Gasteiger partial charge on any atom is 0.213 e. The number of aromatic nitrogens is 1. The van der Waals surface area contributed by atoms with E-state index in [1.807, 2.05) is 0 Å². The van der Waals surface area contributed by atoms with E-state index < -0.39 is 10.0 Å². The molecule has 0 bridgehead atoms. The number of rotatable bonds is 6. The third-order valence-corrected chi connectivity index (χ3v) is 4.12. The molecule has 96 valence electrons. The Hall–Kier alpha value is -0.370. The minimum absolute atomic E-state index is 0.00239. The van der Waals surface area contributed by atoms with E-state index in [1.165, 1.54) is 6.20 Å². The molecule has 1 aromatic heterocycles. The molecule has 1 rings (SSSR count). The van der Waals surface area contributed by atoms with Crippen LogP contribution in [0.2, 0.25) is 5.02 Å². The standard InChI is InChI=1S/C9H13BrClN3O2S/c1-2-14-17(15,16)4-3-12-9-8(10)5-7(11)6-13-9/h5-6,14H,2-4H2,1H3,(H,12,13). The molecule has 0 saturated carbocycles. The minimum atomic E-state index is -3.20. The number of sulfonamides is 1. The summed E-state index contributed by atoms with van der Waals surface area (Å²) in [5, 5.41) is 3.44. The summed E-state index contributed by atoms with van der Waals surface area (Å²) in [4.78, 5) is 4.04. The van der Waals surface area contributed by atoms with E-state index in [0.29, 0.717) is 21.9 Å². The van der Waals surface area contributed by atoms with E-state index in [1.54, 1.807) is 13.0 Å². The summed E-state index contributed by atoms with van der Waals surface area (Å²) in [5.74, 6) is 0.568. The summed E-state index contributed by atoms with van der Waals surface area (Å²) in [6, 6.07) is 1.69. The van der Waals surface area contributed by atoms with Crippen molar-refractivity contribution in [3.63, 3.8) is 0 Å². The maximum atomic E-state index is 11.4. The van der Waals surface area contributed by atoms with E-state index in [2.05, 4.69) is 31.0 Å². The number of halogens is 2. The Balaban J connectivity index is 2.51. The van der Waals surface area contributed by atoms with Crippen molar-refractivity contribution in [3.05, 3.63) is 21.8 Å². The maximum absolute atomic E-state index is 11.4. The molecule has 0 aliphatic heterocycles. The van der Waals surface area contributed by atoms with Crippen LogP contribution in [0.1, 0.15) is 6.92 Å². The van der Waals surface area contributed by atoms with Gasteiger partial charge in [-0.25, -0.2) is 18.1 Å². The summed E-state index contributed by atoms with van der Waals surface area (Å²) in [6.45, 7) is 2.41. The van der Waals surface area contributed by atoms with Gasteiger partial charge < -0.3 is 5.32 Å². The zero-order chi connectivity index (χ0) is 12.9. The van der Waals surface area contributed by atoms with E-state index in [-0.39, 0.29) is 12.3 Å². The van der Waals surface area contributed by atoms with Gasteiger partial charge in [-0.3, -0.25) is 0 Å². The fourth-order valence-electron chi connectivity index (χ4n) is 1.14. The lowest BCUT2D eigenvalue weighted by Crippen LogP contribution is -2.29. The second-order valence-electron chi connectivity index (χ2n) is 3.23. The topological polar surface area (TPSA) is 71.1 Å². The van der Waals surface area contributed by atoms with Crippen LogP contribution in [0.5, 0.6) is 0 Å². The highest BCUT2D eigenvalue weighted by Crippen LogP contribution is 2.22. The van der Waals surface area contributed by atoms with E-state index in [4.69, 9.17) is 11.6 Å². The average molecular weight is 343 g/mol. The van der Waals surface area contributed by atoms with Crippen molar-refractivity contribution in [3.8, 4) is 0 Å². The predicted molar refractivity (Wildman–Crippen MR) is 72.9 cm³/mol. The van der Waals surface area contributed by atoms with Crippen LogP contribution in [-0.4, -0.2) is 32.2 Å². The van der Waals surface area contributed by atoms with Crippen LogP contribution in [-0.2, 0) is 10.0 Å². The highest BCUT2D eigenvalue weighted by Gasteiger charge is 2.08. The SMILES string of the molecule is CCNS(=O)(=O)CCNc1ncc(Cl)cc1Br. The summed E-state index contributed by atoms with van der Waals surface area (Å²) < 4.78 is 25.8. The number of nitrogens with one attached hydrogen (secondary N) is 2. The number of anilines is 1. The lowest BCUT2D eigenvalue weighted by atomic mass is 10.4. The van der Waals surface area contributed by atoms with Crippen molar-refractivity contribution in [2.45, 2.75) is 6.92 Å². The summed E-state index contributed by atoms with van der Waals surface area (Å²) in [6.07, 6.45) is 1.49. The van der Waals surface area contributed by atoms with Gasteiger partial charge in [0, 0.05) is 19.3 Å². The third kappa shape index (κ3) is 5.20. The van der Waals surface area contributed by atoms with Gasteiger partial charge in [0.25, 0.3) is 0 Å². The van der Waals surface area contributed by atoms with Crippen LogP contribution in [0.25, 0.3) is 0 Å². The fraction of sp³-hybridized carbons (Fsp3) is 0.444. The second-order valence-corrected chi connectivity index (χ2v) is 6.44. The Morgan fingerprint density at radius 2 is 2.24 bits per heavy atom. The molecule has 0 spiro atoms. The predicted octanol–water partition coefficient (Wildman–Crippen LogP) is 1.85. The van der Waals surface area contributed by atoms with Gasteiger partial charge in [0.1, 0.15) is 5.82 Å². The van der Waals surface area contributed by atoms with Crippen molar-refractivity contribution in [1.29, 1.82) is 0 Å². The van der Waals surface area contributed by atoms with Crippen LogP contribution in [0.3, 0.4) is 0 Å². The Kier molecular flexibility index (Phi) is 5.64. The van der Waals surface area contributed by atoms with Gasteiger partial charge >= 0.3 is 0 Å². The molecule has 2 N–H and O–H groups in total. The molecule has 0 atom stereocenters. The van der Waals surface area contributed by atoms with Crippen LogP contribution < -0.4 is 10.0 Å². The zero-order valence-corrected chi connectivity index (χ0v) is 12.4. The monoisotopic (exact) mass is 341 g/mol. The van der Waals surface area contributed by atoms with Crippen molar-refractivity contribution >= 4 is 43.4 Å². The molecule has 0 unspecified atom stereocenters. The molecule has 0 amide bonds. The molecule has 0 aliphatic rings. The number of nitrogens with zero attached hydrogens (tertiary/aromatic N) is 1. The first-order chi connectivity index (χ1) is 7.94. The van der Waals surface area contributed by atoms with E-state index in [9.17, 15) is 8.42 Å². The zero-order valence-electron chi connectivity index (χ0n) is 9.20. The smallest absolute Gasteiger partial charge is 0.213 e. The Bertz CT molecular complexity index is 481. The second kappa shape index (κ2) is 6.53. The Morgan fingerprint density at radius 1 is 1.53 bits per heavy atom. The first kappa shape index (κ1) is 14.7. The molecule has 0 aromatic carbocycles. The summed E-state index contributed by atoms with van der Waals surface area (Å²) in [5.41, 5.74) is 0. The van der Waals surface area contributed by atoms with Crippen LogP contribution in [0.4, 0.5) is 5.82 Å². The Labute approximate surface area is 114 Å². The molecular weight excluding hydrogens is 330 g/mol. The van der Waals surface area contributed by atoms with Crippen molar-refractivity contribution in [1.82, 2.24) is 9.71 Å². The van der Waals surface area contributed by atoms with E-state index >= 15 is 0 Å². The normalized spacial score (nSPS) is 11.5. The molecule has 1 heterocycles. The number of hydrogen-bond donors (Lipinski definition) is 2. The Morgan fingerprint density at radius 3 is 2.82 bits per heavy atom. The molecule has 0 fully saturated rings. The van der Waals surface area contributed by atoms with Crippen LogP contribution in [0, 0.1) is 0 Å². The largest absolute Gasteiger partial charge is 0.368 e. The summed E-state index contributed by atoms with van der Waals surface area (Å²) in [7, 11) is -3.20.